The zero-order chi connectivity index (χ0) is 18.1. The van der Waals surface area contributed by atoms with E-state index < -0.39 is 6.04 Å². The standard InChI is InChI=1S/C21H19N3O2/c1-2-6-13-7-5-9-15-14(12-22-19(13)15)11-18-21(26)23-17-10-4-3-8-16(17)20(25)24-18/h2-5,7-10,12,18,22H,1,6,11H2,(H,23,26)(H,24,25)/t18-/m0/s1. The molecule has 0 bridgehead atoms. The predicted octanol–water partition coefficient (Wildman–Crippen LogP) is 3.19. The Morgan fingerprint density at radius 2 is 1.88 bits per heavy atom. The summed E-state index contributed by atoms with van der Waals surface area (Å²) in [6.45, 7) is 3.80. The lowest BCUT2D eigenvalue weighted by molar-refractivity contribution is -0.117. The highest BCUT2D eigenvalue weighted by molar-refractivity contribution is 6.10. The number of hydrogen-bond acceptors (Lipinski definition) is 2. The van der Waals surface area contributed by atoms with Crippen molar-refractivity contribution in [3.05, 3.63) is 78.0 Å². The highest BCUT2D eigenvalue weighted by Gasteiger charge is 2.28. The van der Waals surface area contributed by atoms with E-state index in [9.17, 15) is 9.59 Å². The van der Waals surface area contributed by atoms with Crippen molar-refractivity contribution in [2.45, 2.75) is 18.9 Å². The number of H-pyrrole nitrogens is 1. The second-order valence-corrected chi connectivity index (χ2v) is 6.41. The number of para-hydroxylation sites is 2. The minimum absolute atomic E-state index is 0.208. The maximum absolute atomic E-state index is 12.6. The fourth-order valence-corrected chi connectivity index (χ4v) is 3.44. The van der Waals surface area contributed by atoms with Crippen molar-refractivity contribution >= 4 is 28.4 Å². The zero-order valence-corrected chi connectivity index (χ0v) is 14.2. The van der Waals surface area contributed by atoms with E-state index >= 15 is 0 Å². The summed E-state index contributed by atoms with van der Waals surface area (Å²) in [7, 11) is 0. The molecule has 3 N–H and O–H groups in total. The highest BCUT2D eigenvalue weighted by atomic mass is 16.2. The second-order valence-electron chi connectivity index (χ2n) is 6.41. The summed E-state index contributed by atoms with van der Waals surface area (Å²) in [5, 5.41) is 6.76. The van der Waals surface area contributed by atoms with Crippen LogP contribution >= 0.6 is 0 Å². The molecule has 5 heteroatoms. The van der Waals surface area contributed by atoms with Crippen molar-refractivity contribution in [1.82, 2.24) is 10.3 Å². The Labute approximate surface area is 151 Å². The Balaban J connectivity index is 1.65. The molecule has 1 aliphatic heterocycles. The van der Waals surface area contributed by atoms with Crippen molar-refractivity contribution in [1.29, 1.82) is 0 Å². The van der Waals surface area contributed by atoms with Gasteiger partial charge in [0.15, 0.2) is 0 Å². The van der Waals surface area contributed by atoms with E-state index in [1.807, 2.05) is 24.4 Å². The molecule has 0 radical (unpaired) electrons. The molecule has 0 aliphatic carbocycles. The van der Waals surface area contributed by atoms with Crippen LogP contribution in [0.2, 0.25) is 0 Å². The van der Waals surface area contributed by atoms with Gasteiger partial charge in [0.1, 0.15) is 6.04 Å². The van der Waals surface area contributed by atoms with Crippen LogP contribution in [0.15, 0.2) is 61.3 Å². The van der Waals surface area contributed by atoms with Crippen molar-refractivity contribution < 1.29 is 9.59 Å². The predicted molar refractivity (Wildman–Crippen MR) is 102 cm³/mol. The Bertz CT molecular complexity index is 1020. The SMILES string of the molecule is C=CCc1cccc2c(C[C@@H]3NC(=O)c4ccccc4NC3=O)c[nH]c12. The smallest absolute Gasteiger partial charge is 0.254 e. The van der Waals surface area contributed by atoms with Crippen molar-refractivity contribution in [2.75, 3.05) is 5.32 Å². The van der Waals surface area contributed by atoms with Crippen molar-refractivity contribution in [3.63, 3.8) is 0 Å². The van der Waals surface area contributed by atoms with Gasteiger partial charge in [-0.15, -0.1) is 6.58 Å². The van der Waals surface area contributed by atoms with Crippen LogP contribution in [-0.4, -0.2) is 22.8 Å². The maximum atomic E-state index is 12.6. The number of aromatic nitrogens is 1. The Kier molecular flexibility index (Phi) is 4.05. The Morgan fingerprint density at radius 3 is 2.73 bits per heavy atom. The van der Waals surface area contributed by atoms with Crippen LogP contribution in [0.25, 0.3) is 10.9 Å². The lowest BCUT2D eigenvalue weighted by Crippen LogP contribution is -2.42. The summed E-state index contributed by atoms with van der Waals surface area (Å²) < 4.78 is 0. The third-order valence-electron chi connectivity index (χ3n) is 4.73. The first-order valence-corrected chi connectivity index (χ1v) is 8.57. The number of rotatable bonds is 4. The average molecular weight is 345 g/mol. The van der Waals surface area contributed by atoms with Crippen LogP contribution in [0.3, 0.4) is 0 Å². The number of carbonyl (C=O) groups is 2. The molecule has 2 amide bonds. The van der Waals surface area contributed by atoms with E-state index in [1.54, 1.807) is 24.3 Å². The summed E-state index contributed by atoms with van der Waals surface area (Å²) in [5.74, 6) is -0.448. The first-order valence-electron chi connectivity index (χ1n) is 8.57. The molecule has 2 aromatic carbocycles. The van der Waals surface area contributed by atoms with E-state index in [0.29, 0.717) is 17.7 Å². The third kappa shape index (κ3) is 2.77. The minimum atomic E-state index is -0.628. The molecular weight excluding hydrogens is 326 g/mol. The van der Waals surface area contributed by atoms with Crippen molar-refractivity contribution in [3.8, 4) is 0 Å². The first kappa shape index (κ1) is 16.1. The van der Waals surface area contributed by atoms with Gasteiger partial charge in [0.25, 0.3) is 5.91 Å². The molecular formula is C21H19N3O2. The summed E-state index contributed by atoms with van der Waals surface area (Å²) in [5.41, 5.74) is 4.23. The van der Waals surface area contributed by atoms with Gasteiger partial charge in [-0.2, -0.15) is 0 Å². The Hall–Kier alpha value is -3.34. The fraction of sp³-hybridized carbons (Fsp3) is 0.143. The van der Waals surface area contributed by atoms with Gasteiger partial charge < -0.3 is 15.6 Å². The summed E-state index contributed by atoms with van der Waals surface area (Å²) in [6, 6.07) is 12.5. The molecule has 0 spiro atoms. The molecule has 0 saturated carbocycles. The lowest BCUT2D eigenvalue weighted by Gasteiger charge is -2.14. The number of nitrogens with one attached hydrogen (secondary N) is 3. The van der Waals surface area contributed by atoms with Gasteiger partial charge >= 0.3 is 0 Å². The van der Waals surface area contributed by atoms with Gasteiger partial charge in [-0.1, -0.05) is 36.4 Å². The molecule has 5 nitrogen and oxygen atoms in total. The molecule has 1 atom stereocenters. The summed E-state index contributed by atoms with van der Waals surface area (Å²) >= 11 is 0. The van der Waals surface area contributed by atoms with E-state index in [2.05, 4.69) is 28.3 Å². The highest BCUT2D eigenvalue weighted by Crippen LogP contribution is 2.25. The number of allylic oxidation sites excluding steroid dienone is 1. The largest absolute Gasteiger partial charge is 0.361 e. The van der Waals surface area contributed by atoms with Crippen LogP contribution in [0.5, 0.6) is 0 Å². The van der Waals surface area contributed by atoms with Crippen LogP contribution in [0.1, 0.15) is 21.5 Å². The third-order valence-corrected chi connectivity index (χ3v) is 4.73. The first-order chi connectivity index (χ1) is 12.7. The molecule has 0 fully saturated rings. The molecule has 4 rings (SSSR count). The molecule has 26 heavy (non-hydrogen) atoms. The minimum Gasteiger partial charge on any atom is -0.361 e. The number of aromatic amines is 1. The van der Waals surface area contributed by atoms with Crippen molar-refractivity contribution in [2.24, 2.45) is 0 Å². The number of amides is 2. The van der Waals surface area contributed by atoms with Gasteiger partial charge in [-0.05, 0) is 29.7 Å². The van der Waals surface area contributed by atoms with E-state index in [-0.39, 0.29) is 11.8 Å². The molecule has 130 valence electrons. The summed E-state index contributed by atoms with van der Waals surface area (Å²) in [6.07, 6.45) is 4.97. The van der Waals surface area contributed by atoms with Gasteiger partial charge in [-0.25, -0.2) is 0 Å². The van der Waals surface area contributed by atoms with Crippen LogP contribution in [-0.2, 0) is 17.6 Å². The fourth-order valence-electron chi connectivity index (χ4n) is 3.44. The second kappa shape index (κ2) is 6.52. The quantitative estimate of drug-likeness (QED) is 0.635. The maximum Gasteiger partial charge on any atom is 0.254 e. The molecule has 2 heterocycles. The molecule has 0 unspecified atom stereocenters. The number of anilines is 1. The monoisotopic (exact) mass is 345 g/mol. The van der Waals surface area contributed by atoms with Gasteiger partial charge in [0.2, 0.25) is 5.91 Å². The molecule has 1 aliphatic rings. The van der Waals surface area contributed by atoms with Gasteiger partial charge in [-0.3, -0.25) is 9.59 Å². The van der Waals surface area contributed by atoms with Crippen LogP contribution < -0.4 is 10.6 Å². The Morgan fingerprint density at radius 1 is 1.04 bits per heavy atom. The van der Waals surface area contributed by atoms with Gasteiger partial charge in [0, 0.05) is 23.5 Å². The van der Waals surface area contributed by atoms with Crippen LogP contribution in [0.4, 0.5) is 5.69 Å². The van der Waals surface area contributed by atoms with E-state index in [1.165, 1.54) is 0 Å². The molecule has 0 saturated heterocycles. The topological polar surface area (TPSA) is 74.0 Å². The summed E-state index contributed by atoms with van der Waals surface area (Å²) in [4.78, 5) is 28.4. The normalized spacial score (nSPS) is 16.5. The number of benzene rings is 2. The average Bonchev–Trinajstić information content (AvgIpc) is 3.00. The number of fused-ring (bicyclic) bond motifs is 2. The van der Waals surface area contributed by atoms with E-state index in [4.69, 9.17) is 0 Å². The zero-order valence-electron chi connectivity index (χ0n) is 14.2. The van der Waals surface area contributed by atoms with Crippen LogP contribution in [0, 0.1) is 0 Å². The van der Waals surface area contributed by atoms with Gasteiger partial charge in [0.05, 0.1) is 11.3 Å². The number of hydrogen-bond donors (Lipinski definition) is 3. The van der Waals surface area contributed by atoms with E-state index in [0.717, 1.165) is 28.5 Å². The molecule has 3 aromatic rings. The lowest BCUT2D eigenvalue weighted by atomic mass is 10.0. The molecule has 1 aromatic heterocycles. The number of carbonyl (C=O) groups excluding carboxylic acids is 2.